The number of unbranched alkanes of at least 4 members (excludes halogenated alkanes) is 15. The molecule has 2 atom stereocenters. The van der Waals surface area contributed by atoms with Gasteiger partial charge in [0.2, 0.25) is 10.0 Å². The number of phosphoric ester groups is 1. The van der Waals surface area contributed by atoms with E-state index in [2.05, 4.69) is 11.6 Å². The van der Waals surface area contributed by atoms with Crippen molar-refractivity contribution >= 4 is 29.6 Å². The third-order valence-corrected chi connectivity index (χ3v) is 9.26. The normalized spacial score (nSPS) is 15.0. The highest BCUT2D eigenvalue weighted by Gasteiger charge is 2.25. The Morgan fingerprint density at radius 3 is 1.68 bits per heavy atom. The Balaban J connectivity index is 3.83. The largest absolute Gasteiger partial charge is 0.472 e. The van der Waals surface area contributed by atoms with E-state index in [0.29, 0.717) is 16.8 Å². The number of thioether (sulfide) groups is 1. The minimum atomic E-state index is -4.23. The maximum Gasteiger partial charge on any atom is 0.472 e. The van der Waals surface area contributed by atoms with Gasteiger partial charge in [0.15, 0.2) is 0 Å². The molecule has 0 aliphatic rings. The van der Waals surface area contributed by atoms with Gasteiger partial charge in [0.05, 0.1) is 40.0 Å². The van der Waals surface area contributed by atoms with Gasteiger partial charge in [-0.05, 0) is 12.2 Å². The molecule has 0 bridgehead atoms. The molecule has 0 aromatic carbocycles. The Kier molecular flexibility index (Phi) is 23.2. The number of rotatable bonds is 28. The summed E-state index contributed by atoms with van der Waals surface area (Å²) in [6, 6.07) is -0.585. The topological polar surface area (TPSA) is 102 Å². The first-order chi connectivity index (χ1) is 17.8. The third-order valence-electron chi connectivity index (χ3n) is 6.30. The molecule has 11 heteroatoms. The first kappa shape index (κ1) is 38.3. The molecule has 0 saturated heterocycles. The number of nitrogens with zero attached hydrogens (tertiary/aromatic N) is 1. The van der Waals surface area contributed by atoms with Crippen molar-refractivity contribution in [2.24, 2.45) is 0 Å². The van der Waals surface area contributed by atoms with E-state index in [0.717, 1.165) is 18.4 Å². The predicted molar refractivity (Wildman–Crippen MR) is 163 cm³/mol. The second-order valence-corrected chi connectivity index (χ2v) is 16.0. The molecule has 0 spiro atoms. The van der Waals surface area contributed by atoms with E-state index in [1.807, 2.05) is 21.1 Å². The van der Waals surface area contributed by atoms with E-state index in [-0.39, 0.29) is 13.2 Å². The Morgan fingerprint density at radius 2 is 1.26 bits per heavy atom. The Bertz CT molecular complexity index is 704. The van der Waals surface area contributed by atoms with Crippen molar-refractivity contribution in [3.05, 3.63) is 0 Å². The molecule has 0 aliphatic heterocycles. The maximum absolute atomic E-state index is 12.1. The molecule has 0 radical (unpaired) electrons. The summed E-state index contributed by atoms with van der Waals surface area (Å²) in [7, 11) is -1.83. The van der Waals surface area contributed by atoms with Gasteiger partial charge in [-0.3, -0.25) is 9.05 Å². The SMILES string of the molecule is CCCCCCCCCCCCCCCCCCSC[C@H](COP(=O)(O)OCC[N+](C)(C)C)NS(C)(=O)=O. The summed E-state index contributed by atoms with van der Waals surface area (Å²) in [4.78, 5) is 9.91. The molecule has 1 unspecified atom stereocenters. The summed E-state index contributed by atoms with van der Waals surface area (Å²) in [6.07, 6.45) is 22.4. The van der Waals surface area contributed by atoms with Gasteiger partial charge in [0.25, 0.3) is 0 Å². The van der Waals surface area contributed by atoms with E-state index < -0.39 is 23.9 Å². The van der Waals surface area contributed by atoms with Crippen molar-refractivity contribution in [1.82, 2.24) is 4.72 Å². The monoisotopic (exact) mass is 603 g/mol. The van der Waals surface area contributed by atoms with E-state index in [1.54, 1.807) is 11.8 Å². The second kappa shape index (κ2) is 23.0. The fourth-order valence-electron chi connectivity index (χ4n) is 4.05. The van der Waals surface area contributed by atoms with Crippen LogP contribution in [0, 0.1) is 0 Å². The number of likely N-dealkylation sites (N-methyl/N-ethyl adjacent to an activating group) is 1. The van der Waals surface area contributed by atoms with Crippen LogP contribution in [-0.2, 0) is 23.6 Å². The van der Waals surface area contributed by atoms with Gasteiger partial charge in [-0.15, -0.1) is 0 Å². The van der Waals surface area contributed by atoms with E-state index in [9.17, 15) is 17.9 Å². The van der Waals surface area contributed by atoms with E-state index in [1.165, 1.54) is 96.3 Å². The fourth-order valence-corrected chi connectivity index (χ4v) is 6.70. The van der Waals surface area contributed by atoms with Crippen molar-refractivity contribution in [3.8, 4) is 0 Å². The Hall–Kier alpha value is 0.330. The van der Waals surface area contributed by atoms with Gasteiger partial charge in [0.1, 0.15) is 13.2 Å². The van der Waals surface area contributed by atoms with Crippen molar-refractivity contribution in [2.45, 2.75) is 116 Å². The van der Waals surface area contributed by atoms with Gasteiger partial charge >= 0.3 is 7.82 Å². The van der Waals surface area contributed by atoms with Crippen LogP contribution in [0.2, 0.25) is 0 Å². The molecule has 2 N–H and O–H groups in total. The molecule has 0 heterocycles. The number of hydrogen-bond acceptors (Lipinski definition) is 6. The summed E-state index contributed by atoms with van der Waals surface area (Å²) in [6.45, 7) is 2.69. The fraction of sp³-hybridized carbons (Fsp3) is 1.00. The Morgan fingerprint density at radius 1 is 0.816 bits per heavy atom. The summed E-state index contributed by atoms with van der Waals surface area (Å²) >= 11 is 1.64. The van der Waals surface area contributed by atoms with Crippen LogP contribution in [-0.4, -0.2) is 82.5 Å². The molecule has 230 valence electrons. The van der Waals surface area contributed by atoms with Gasteiger partial charge < -0.3 is 9.38 Å². The van der Waals surface area contributed by atoms with Gasteiger partial charge in [-0.2, -0.15) is 11.8 Å². The summed E-state index contributed by atoms with van der Waals surface area (Å²) in [5, 5.41) is 0. The van der Waals surface area contributed by atoms with Crippen molar-refractivity contribution in [1.29, 1.82) is 0 Å². The van der Waals surface area contributed by atoms with Crippen LogP contribution in [0.4, 0.5) is 0 Å². The molecular weight excluding hydrogens is 543 g/mol. The zero-order chi connectivity index (χ0) is 28.8. The van der Waals surface area contributed by atoms with Gasteiger partial charge in [-0.1, -0.05) is 103 Å². The highest BCUT2D eigenvalue weighted by atomic mass is 32.2. The lowest BCUT2D eigenvalue weighted by molar-refractivity contribution is -0.870. The van der Waals surface area contributed by atoms with Gasteiger partial charge in [-0.25, -0.2) is 17.7 Å². The minimum Gasteiger partial charge on any atom is -0.329 e. The lowest BCUT2D eigenvalue weighted by atomic mass is 10.0. The number of sulfonamides is 1. The summed E-state index contributed by atoms with van der Waals surface area (Å²) in [5.74, 6) is 1.40. The molecule has 0 amide bonds. The molecular formula is C27H60N2O6PS2+. The zero-order valence-corrected chi connectivity index (χ0v) is 27.7. The van der Waals surface area contributed by atoms with Crippen LogP contribution in [0.5, 0.6) is 0 Å². The average Bonchev–Trinajstić information content (AvgIpc) is 2.80. The van der Waals surface area contributed by atoms with Crippen LogP contribution in [0.15, 0.2) is 0 Å². The predicted octanol–water partition coefficient (Wildman–Crippen LogP) is 6.74. The standard InChI is InChI=1S/C27H59N2O6PS2/c1-6-7-8-9-10-11-12-13-14-15-16-17-18-19-20-21-24-37-26-27(28-38(5,32)33)25-35-36(30,31)34-23-22-29(2,3)4/h27-28H,6-26H2,1-5H3/p+1/t27-/m0/s1. The molecule has 0 aromatic heterocycles. The van der Waals surface area contributed by atoms with Gasteiger partial charge in [0, 0.05) is 5.75 Å². The van der Waals surface area contributed by atoms with Crippen molar-refractivity contribution in [2.75, 3.05) is 58.7 Å². The highest BCUT2D eigenvalue weighted by molar-refractivity contribution is 7.99. The molecule has 8 nitrogen and oxygen atoms in total. The molecule has 0 saturated carbocycles. The van der Waals surface area contributed by atoms with E-state index >= 15 is 0 Å². The molecule has 0 aliphatic carbocycles. The molecule has 0 fully saturated rings. The summed E-state index contributed by atoms with van der Waals surface area (Å²) < 4.78 is 48.7. The second-order valence-electron chi connectivity index (χ2n) is 11.6. The number of phosphoric acid groups is 1. The zero-order valence-electron chi connectivity index (χ0n) is 25.1. The number of hydrogen-bond donors (Lipinski definition) is 2. The lowest BCUT2D eigenvalue weighted by Crippen LogP contribution is -2.39. The quantitative estimate of drug-likeness (QED) is 0.0580. The minimum absolute atomic E-state index is 0.0788. The van der Waals surface area contributed by atoms with Crippen LogP contribution >= 0.6 is 19.6 Å². The number of nitrogens with one attached hydrogen (secondary N) is 1. The van der Waals surface area contributed by atoms with Crippen molar-refractivity contribution in [3.63, 3.8) is 0 Å². The van der Waals surface area contributed by atoms with Crippen LogP contribution in [0.1, 0.15) is 110 Å². The lowest BCUT2D eigenvalue weighted by Gasteiger charge is -2.24. The molecule has 0 rings (SSSR count). The first-order valence-corrected chi connectivity index (χ1v) is 19.4. The average molecular weight is 604 g/mol. The molecule has 0 aromatic rings. The summed E-state index contributed by atoms with van der Waals surface area (Å²) in [5.41, 5.74) is 0. The highest BCUT2D eigenvalue weighted by Crippen LogP contribution is 2.43. The molecule has 38 heavy (non-hydrogen) atoms. The Labute approximate surface area is 239 Å². The van der Waals surface area contributed by atoms with Crippen LogP contribution in [0.25, 0.3) is 0 Å². The smallest absolute Gasteiger partial charge is 0.329 e. The van der Waals surface area contributed by atoms with E-state index in [4.69, 9.17) is 9.05 Å². The third kappa shape index (κ3) is 29.3. The number of quaternary nitrogens is 1. The maximum atomic E-state index is 12.1. The van der Waals surface area contributed by atoms with Crippen molar-refractivity contribution < 1.29 is 31.4 Å². The first-order valence-electron chi connectivity index (χ1n) is 14.8. The van der Waals surface area contributed by atoms with Crippen LogP contribution in [0.3, 0.4) is 0 Å². The van der Waals surface area contributed by atoms with Crippen LogP contribution < -0.4 is 4.72 Å².